The lowest BCUT2D eigenvalue weighted by atomic mass is 10.0. The van der Waals surface area contributed by atoms with Gasteiger partial charge >= 0.3 is 17.9 Å². The van der Waals surface area contributed by atoms with Crippen molar-refractivity contribution < 1.29 is 28.6 Å². The molecular weight excluding hydrogens is 769 g/mol. The molecule has 0 saturated heterocycles. The van der Waals surface area contributed by atoms with Crippen LogP contribution in [0.1, 0.15) is 245 Å². The van der Waals surface area contributed by atoms with Gasteiger partial charge in [-0.2, -0.15) is 0 Å². The Morgan fingerprint density at radius 1 is 0.339 bits per heavy atom. The van der Waals surface area contributed by atoms with Gasteiger partial charge in [-0.25, -0.2) is 0 Å². The van der Waals surface area contributed by atoms with Gasteiger partial charge in [0.05, 0.1) is 0 Å². The summed E-state index contributed by atoms with van der Waals surface area (Å²) in [7, 11) is 0. The minimum atomic E-state index is -0.808. The third-order valence-corrected chi connectivity index (χ3v) is 11.0. The van der Waals surface area contributed by atoms with Crippen molar-refractivity contribution in [1.29, 1.82) is 0 Å². The van der Waals surface area contributed by atoms with Gasteiger partial charge in [0.25, 0.3) is 0 Å². The molecule has 0 aliphatic heterocycles. The molecule has 356 valence electrons. The number of esters is 3. The van der Waals surface area contributed by atoms with Crippen molar-refractivity contribution >= 4 is 17.9 Å². The summed E-state index contributed by atoms with van der Waals surface area (Å²) in [6, 6.07) is 0. The first-order chi connectivity index (χ1) is 30.5. The van der Waals surface area contributed by atoms with Crippen LogP contribution in [0.3, 0.4) is 0 Å². The summed E-state index contributed by atoms with van der Waals surface area (Å²) in [5.74, 6) is -0.997. The summed E-state index contributed by atoms with van der Waals surface area (Å²) in [4.78, 5) is 37.6. The number of hydrogen-bond acceptors (Lipinski definition) is 6. The highest BCUT2D eigenvalue weighted by atomic mass is 16.6. The average molecular weight is 865 g/mol. The fourth-order valence-corrected chi connectivity index (χ4v) is 7.07. The van der Waals surface area contributed by atoms with Crippen LogP contribution in [-0.2, 0) is 28.6 Å². The topological polar surface area (TPSA) is 78.9 Å². The van der Waals surface area contributed by atoms with Gasteiger partial charge in [-0.05, 0) is 77.0 Å². The minimum absolute atomic E-state index is 0.104. The Morgan fingerprint density at radius 2 is 0.661 bits per heavy atom. The standard InChI is InChI=1S/C56H96O6/c1-4-7-10-13-16-18-20-22-23-24-25-26-27-28-29-30-31-32-33-35-36-38-40-43-46-49-55(58)61-52-53(51-60-54(57)48-45-42-15-12-9-6-3)62-56(59)50-47-44-41-39-37-34-21-19-17-14-11-8-5-2/h8,11,17,19-20,22,24-25,34,37,41,44,53H,4-7,9-10,12-16,18,21,23,26-33,35-36,38-40,42-43,45-52H2,1-3H3/b11-8-,19-17-,22-20-,25-24-,37-34-,44-41-. The van der Waals surface area contributed by atoms with Crippen LogP contribution in [0.5, 0.6) is 0 Å². The van der Waals surface area contributed by atoms with E-state index in [-0.39, 0.29) is 31.6 Å². The number of allylic oxidation sites excluding steroid dienone is 12. The fourth-order valence-electron chi connectivity index (χ4n) is 7.07. The molecule has 0 aromatic rings. The fraction of sp³-hybridized carbons (Fsp3) is 0.732. The van der Waals surface area contributed by atoms with Crippen LogP contribution < -0.4 is 0 Å². The lowest BCUT2D eigenvalue weighted by molar-refractivity contribution is -0.166. The van der Waals surface area contributed by atoms with Gasteiger partial charge in [0.1, 0.15) is 13.2 Å². The maximum absolute atomic E-state index is 12.7. The molecule has 6 nitrogen and oxygen atoms in total. The summed E-state index contributed by atoms with van der Waals surface area (Å²) >= 11 is 0. The van der Waals surface area contributed by atoms with Gasteiger partial charge in [-0.15, -0.1) is 0 Å². The molecule has 0 heterocycles. The first-order valence-electron chi connectivity index (χ1n) is 25.9. The lowest BCUT2D eigenvalue weighted by Gasteiger charge is -2.18. The third-order valence-electron chi connectivity index (χ3n) is 11.0. The first-order valence-corrected chi connectivity index (χ1v) is 25.9. The van der Waals surface area contributed by atoms with E-state index < -0.39 is 12.1 Å². The predicted molar refractivity (Wildman–Crippen MR) is 265 cm³/mol. The molecule has 0 spiro atoms. The van der Waals surface area contributed by atoms with Crippen molar-refractivity contribution in [2.45, 2.75) is 252 Å². The van der Waals surface area contributed by atoms with Crippen molar-refractivity contribution in [2.24, 2.45) is 0 Å². The molecule has 0 rings (SSSR count). The Labute approximate surface area is 382 Å². The molecule has 0 amide bonds. The third kappa shape index (κ3) is 47.9. The number of carbonyl (C=O) groups excluding carboxylic acids is 3. The van der Waals surface area contributed by atoms with E-state index in [0.717, 1.165) is 70.6 Å². The maximum atomic E-state index is 12.7. The van der Waals surface area contributed by atoms with Crippen LogP contribution in [-0.4, -0.2) is 37.2 Å². The van der Waals surface area contributed by atoms with Crippen LogP contribution in [0.15, 0.2) is 72.9 Å². The lowest BCUT2D eigenvalue weighted by Crippen LogP contribution is -2.30. The molecule has 1 atom stereocenters. The Hall–Kier alpha value is -3.15. The largest absolute Gasteiger partial charge is 0.462 e. The van der Waals surface area contributed by atoms with Gasteiger partial charge in [-0.1, -0.05) is 222 Å². The summed E-state index contributed by atoms with van der Waals surface area (Å²) in [5.41, 5.74) is 0. The summed E-state index contributed by atoms with van der Waals surface area (Å²) in [6.07, 6.45) is 63.7. The summed E-state index contributed by atoms with van der Waals surface area (Å²) in [6.45, 7) is 6.39. The highest BCUT2D eigenvalue weighted by Gasteiger charge is 2.19. The minimum Gasteiger partial charge on any atom is -0.462 e. The zero-order valence-electron chi connectivity index (χ0n) is 40.6. The van der Waals surface area contributed by atoms with Gasteiger partial charge in [-0.3, -0.25) is 14.4 Å². The van der Waals surface area contributed by atoms with E-state index in [4.69, 9.17) is 14.2 Å². The van der Waals surface area contributed by atoms with E-state index in [0.29, 0.717) is 19.3 Å². The van der Waals surface area contributed by atoms with E-state index in [1.165, 1.54) is 128 Å². The molecule has 62 heavy (non-hydrogen) atoms. The van der Waals surface area contributed by atoms with Gasteiger partial charge in [0.2, 0.25) is 0 Å². The molecule has 0 aliphatic rings. The predicted octanol–water partition coefficient (Wildman–Crippen LogP) is 17.0. The Bertz CT molecular complexity index is 1180. The molecule has 0 fully saturated rings. The molecule has 0 aromatic carbocycles. The normalized spacial score (nSPS) is 12.6. The quantitative estimate of drug-likeness (QED) is 0.0262. The van der Waals surface area contributed by atoms with Crippen molar-refractivity contribution in [3.8, 4) is 0 Å². The van der Waals surface area contributed by atoms with E-state index in [2.05, 4.69) is 81.5 Å². The highest BCUT2D eigenvalue weighted by molar-refractivity contribution is 5.71. The summed E-state index contributed by atoms with van der Waals surface area (Å²) < 4.78 is 16.6. The second kappa shape index (κ2) is 50.5. The van der Waals surface area contributed by atoms with Crippen LogP contribution in [0.4, 0.5) is 0 Å². The molecule has 0 aliphatic carbocycles. The molecule has 6 heteroatoms. The Kier molecular flexibility index (Phi) is 47.9. The molecule has 1 unspecified atom stereocenters. The second-order valence-corrected chi connectivity index (χ2v) is 17.1. The van der Waals surface area contributed by atoms with Crippen LogP contribution >= 0.6 is 0 Å². The van der Waals surface area contributed by atoms with Gasteiger partial charge < -0.3 is 14.2 Å². The van der Waals surface area contributed by atoms with Crippen molar-refractivity contribution in [2.75, 3.05) is 13.2 Å². The maximum Gasteiger partial charge on any atom is 0.306 e. The van der Waals surface area contributed by atoms with E-state index in [9.17, 15) is 14.4 Å². The number of unbranched alkanes of at least 4 members (excludes halogenated alkanes) is 23. The SMILES string of the molecule is CC/C=C\C/C=C\C/C=C\C/C=C\CCC(=O)OC(COC(=O)CCCCCCCC)COC(=O)CCCCCCCCCCCCCCC/C=C\C/C=C\CCCCCCC. The zero-order chi connectivity index (χ0) is 45.1. The van der Waals surface area contributed by atoms with Crippen molar-refractivity contribution in [3.63, 3.8) is 0 Å². The Balaban J connectivity index is 4.15. The molecule has 0 bridgehead atoms. The molecular formula is C56H96O6. The first kappa shape index (κ1) is 58.9. The molecule has 0 saturated carbocycles. The number of rotatable bonds is 46. The zero-order valence-corrected chi connectivity index (χ0v) is 40.6. The summed E-state index contributed by atoms with van der Waals surface area (Å²) in [5, 5.41) is 0. The molecule has 0 N–H and O–H groups in total. The average Bonchev–Trinajstić information content (AvgIpc) is 3.27. The van der Waals surface area contributed by atoms with E-state index in [1.807, 2.05) is 12.2 Å². The highest BCUT2D eigenvalue weighted by Crippen LogP contribution is 2.15. The van der Waals surface area contributed by atoms with E-state index >= 15 is 0 Å². The molecule has 0 radical (unpaired) electrons. The smallest absolute Gasteiger partial charge is 0.306 e. The van der Waals surface area contributed by atoms with Crippen LogP contribution in [0.2, 0.25) is 0 Å². The second-order valence-electron chi connectivity index (χ2n) is 17.1. The van der Waals surface area contributed by atoms with E-state index in [1.54, 1.807) is 0 Å². The number of carbonyl (C=O) groups is 3. The van der Waals surface area contributed by atoms with Gasteiger partial charge in [0.15, 0.2) is 6.10 Å². The molecule has 0 aromatic heterocycles. The van der Waals surface area contributed by atoms with Crippen molar-refractivity contribution in [3.05, 3.63) is 72.9 Å². The van der Waals surface area contributed by atoms with Crippen molar-refractivity contribution in [1.82, 2.24) is 0 Å². The Morgan fingerprint density at radius 3 is 1.05 bits per heavy atom. The number of ether oxygens (including phenoxy) is 3. The van der Waals surface area contributed by atoms with Crippen LogP contribution in [0, 0.1) is 0 Å². The van der Waals surface area contributed by atoms with Gasteiger partial charge in [0, 0.05) is 19.3 Å². The van der Waals surface area contributed by atoms with Crippen LogP contribution in [0.25, 0.3) is 0 Å². The monoisotopic (exact) mass is 865 g/mol. The number of hydrogen-bond donors (Lipinski definition) is 0.